The van der Waals surface area contributed by atoms with Crippen molar-refractivity contribution in [2.75, 3.05) is 5.32 Å². The Hall–Kier alpha value is -2.26. The fraction of sp³-hybridized carbons (Fsp3) is 0.0625. The number of hydrogen-bond acceptors (Lipinski definition) is 2. The lowest BCUT2D eigenvalue weighted by atomic mass is 10.3. The molecule has 100 valence electrons. The Balaban J connectivity index is 1.71. The highest BCUT2D eigenvalue weighted by molar-refractivity contribution is 6.33. The van der Waals surface area contributed by atoms with Gasteiger partial charge in [0.05, 0.1) is 28.6 Å². The molecule has 0 aliphatic carbocycles. The number of rotatable bonds is 4. The van der Waals surface area contributed by atoms with Gasteiger partial charge in [-0.25, -0.2) is 4.68 Å². The molecule has 0 radical (unpaired) electrons. The van der Waals surface area contributed by atoms with Gasteiger partial charge in [0.15, 0.2) is 0 Å². The van der Waals surface area contributed by atoms with Crippen LogP contribution in [0.15, 0.2) is 66.9 Å². The third kappa shape index (κ3) is 2.83. The minimum absolute atomic E-state index is 0.642. The van der Waals surface area contributed by atoms with Gasteiger partial charge in [0, 0.05) is 6.20 Å². The molecule has 0 atom stereocenters. The van der Waals surface area contributed by atoms with Crippen LogP contribution in [0, 0.1) is 0 Å². The summed E-state index contributed by atoms with van der Waals surface area (Å²) in [5.41, 5.74) is 2.94. The maximum atomic E-state index is 6.10. The van der Waals surface area contributed by atoms with Crippen LogP contribution in [0.25, 0.3) is 5.69 Å². The van der Waals surface area contributed by atoms with E-state index >= 15 is 0 Å². The largest absolute Gasteiger partial charge is 0.378 e. The molecule has 0 aliphatic heterocycles. The van der Waals surface area contributed by atoms with Crippen molar-refractivity contribution in [3.63, 3.8) is 0 Å². The highest BCUT2D eigenvalue weighted by atomic mass is 35.5. The minimum atomic E-state index is 0.642. The summed E-state index contributed by atoms with van der Waals surface area (Å²) in [5.74, 6) is 0. The summed E-state index contributed by atoms with van der Waals surface area (Å²) in [4.78, 5) is 0. The topological polar surface area (TPSA) is 29.9 Å². The van der Waals surface area contributed by atoms with Crippen LogP contribution in [0.1, 0.15) is 5.69 Å². The molecule has 0 aliphatic rings. The zero-order chi connectivity index (χ0) is 13.8. The maximum absolute atomic E-state index is 6.10. The van der Waals surface area contributed by atoms with E-state index in [1.807, 2.05) is 71.5 Å². The fourth-order valence-electron chi connectivity index (χ4n) is 1.97. The first kappa shape index (κ1) is 12.8. The van der Waals surface area contributed by atoms with E-state index in [0.29, 0.717) is 6.54 Å². The number of nitrogens with zero attached hydrogens (tertiary/aromatic N) is 2. The van der Waals surface area contributed by atoms with Crippen molar-refractivity contribution in [2.24, 2.45) is 0 Å². The zero-order valence-corrected chi connectivity index (χ0v) is 11.6. The van der Waals surface area contributed by atoms with Crippen LogP contribution in [-0.4, -0.2) is 9.78 Å². The first-order chi connectivity index (χ1) is 9.83. The number of anilines is 1. The van der Waals surface area contributed by atoms with Gasteiger partial charge in [-0.2, -0.15) is 5.10 Å². The summed E-state index contributed by atoms with van der Waals surface area (Å²) in [7, 11) is 0. The Morgan fingerprint density at radius 3 is 2.50 bits per heavy atom. The lowest BCUT2D eigenvalue weighted by molar-refractivity contribution is 0.844. The first-order valence-corrected chi connectivity index (χ1v) is 6.79. The summed E-state index contributed by atoms with van der Waals surface area (Å²) in [6, 6.07) is 19.7. The SMILES string of the molecule is Clc1ccccc1NCc1ccn(-c2ccccc2)n1. The molecule has 0 unspecified atom stereocenters. The van der Waals surface area contributed by atoms with Crippen LogP contribution in [0.3, 0.4) is 0 Å². The predicted octanol–water partition coefficient (Wildman–Crippen LogP) is 4.14. The Kier molecular flexibility index (Phi) is 3.70. The van der Waals surface area contributed by atoms with E-state index in [2.05, 4.69) is 10.4 Å². The van der Waals surface area contributed by atoms with Crippen LogP contribution in [-0.2, 0) is 6.54 Å². The maximum Gasteiger partial charge on any atom is 0.0819 e. The summed E-state index contributed by atoms with van der Waals surface area (Å²) in [5, 5.41) is 8.54. The Morgan fingerprint density at radius 2 is 1.70 bits per heavy atom. The minimum Gasteiger partial charge on any atom is -0.378 e. The third-order valence-corrected chi connectivity index (χ3v) is 3.33. The van der Waals surface area contributed by atoms with Crippen LogP contribution in [0.4, 0.5) is 5.69 Å². The Morgan fingerprint density at radius 1 is 0.950 bits per heavy atom. The van der Waals surface area contributed by atoms with Gasteiger partial charge in [-0.1, -0.05) is 41.9 Å². The second-order valence-corrected chi connectivity index (χ2v) is 4.83. The molecule has 1 N–H and O–H groups in total. The molecule has 0 spiro atoms. The van der Waals surface area contributed by atoms with Crippen LogP contribution >= 0.6 is 11.6 Å². The van der Waals surface area contributed by atoms with E-state index in [1.165, 1.54) is 0 Å². The lowest BCUT2D eigenvalue weighted by Crippen LogP contribution is -2.02. The number of halogens is 1. The van der Waals surface area contributed by atoms with Crippen molar-refractivity contribution in [1.82, 2.24) is 9.78 Å². The summed E-state index contributed by atoms with van der Waals surface area (Å²) in [6.45, 7) is 0.642. The van der Waals surface area contributed by atoms with Crippen LogP contribution in [0.5, 0.6) is 0 Å². The van der Waals surface area contributed by atoms with Gasteiger partial charge < -0.3 is 5.32 Å². The second kappa shape index (κ2) is 5.80. The first-order valence-electron chi connectivity index (χ1n) is 6.41. The van der Waals surface area contributed by atoms with Gasteiger partial charge in [0.1, 0.15) is 0 Å². The molecular weight excluding hydrogens is 270 g/mol. The summed E-state index contributed by atoms with van der Waals surface area (Å²) >= 11 is 6.10. The molecule has 20 heavy (non-hydrogen) atoms. The molecule has 4 heteroatoms. The Bertz CT molecular complexity index is 692. The van der Waals surface area contributed by atoms with E-state index in [4.69, 9.17) is 11.6 Å². The molecule has 3 aromatic rings. The lowest BCUT2D eigenvalue weighted by Gasteiger charge is -2.06. The van der Waals surface area contributed by atoms with Gasteiger partial charge in [-0.05, 0) is 30.3 Å². The number of hydrogen-bond donors (Lipinski definition) is 1. The predicted molar refractivity (Wildman–Crippen MR) is 82.3 cm³/mol. The van der Waals surface area contributed by atoms with Gasteiger partial charge in [-0.3, -0.25) is 0 Å². The average molecular weight is 284 g/mol. The van der Waals surface area contributed by atoms with Crippen molar-refractivity contribution in [3.05, 3.63) is 77.6 Å². The molecule has 0 bridgehead atoms. The molecule has 3 nitrogen and oxygen atoms in total. The molecule has 0 saturated carbocycles. The van der Waals surface area contributed by atoms with Crippen molar-refractivity contribution in [3.8, 4) is 5.69 Å². The van der Waals surface area contributed by atoms with Crippen molar-refractivity contribution >= 4 is 17.3 Å². The van der Waals surface area contributed by atoms with E-state index in [1.54, 1.807) is 0 Å². The van der Waals surface area contributed by atoms with Gasteiger partial charge in [0.25, 0.3) is 0 Å². The molecule has 2 aromatic carbocycles. The smallest absolute Gasteiger partial charge is 0.0819 e. The standard InChI is InChI=1S/C16H14ClN3/c17-15-8-4-5-9-16(15)18-12-13-10-11-20(19-13)14-6-2-1-3-7-14/h1-11,18H,12H2. The normalized spacial score (nSPS) is 10.4. The molecular formula is C16H14ClN3. The van der Waals surface area contributed by atoms with E-state index in [-0.39, 0.29) is 0 Å². The zero-order valence-electron chi connectivity index (χ0n) is 10.8. The van der Waals surface area contributed by atoms with E-state index in [9.17, 15) is 0 Å². The molecule has 3 rings (SSSR count). The monoisotopic (exact) mass is 283 g/mol. The molecule has 1 heterocycles. The van der Waals surface area contributed by atoms with Crippen molar-refractivity contribution in [2.45, 2.75) is 6.54 Å². The van der Waals surface area contributed by atoms with Crippen molar-refractivity contribution < 1.29 is 0 Å². The summed E-state index contributed by atoms with van der Waals surface area (Å²) in [6.07, 6.45) is 1.96. The van der Waals surface area contributed by atoms with Gasteiger partial charge in [0.2, 0.25) is 0 Å². The number of para-hydroxylation sites is 2. The van der Waals surface area contributed by atoms with Gasteiger partial charge >= 0.3 is 0 Å². The molecule has 1 aromatic heterocycles. The molecule has 0 saturated heterocycles. The Labute approximate surface area is 122 Å². The molecule has 0 amide bonds. The summed E-state index contributed by atoms with van der Waals surface area (Å²) < 4.78 is 1.86. The second-order valence-electron chi connectivity index (χ2n) is 4.42. The van der Waals surface area contributed by atoms with Crippen LogP contribution < -0.4 is 5.32 Å². The van der Waals surface area contributed by atoms with Gasteiger partial charge in [-0.15, -0.1) is 0 Å². The van der Waals surface area contributed by atoms with Crippen molar-refractivity contribution in [1.29, 1.82) is 0 Å². The number of nitrogens with one attached hydrogen (secondary N) is 1. The van der Waals surface area contributed by atoms with E-state index in [0.717, 1.165) is 22.1 Å². The number of aromatic nitrogens is 2. The average Bonchev–Trinajstić information content (AvgIpc) is 2.96. The van der Waals surface area contributed by atoms with Crippen LogP contribution in [0.2, 0.25) is 5.02 Å². The third-order valence-electron chi connectivity index (χ3n) is 3.00. The van der Waals surface area contributed by atoms with E-state index < -0.39 is 0 Å². The number of benzene rings is 2. The molecule has 0 fully saturated rings. The highest BCUT2D eigenvalue weighted by Gasteiger charge is 2.02. The fourth-order valence-corrected chi connectivity index (χ4v) is 2.17. The highest BCUT2D eigenvalue weighted by Crippen LogP contribution is 2.21. The quantitative estimate of drug-likeness (QED) is 0.780.